The lowest BCUT2D eigenvalue weighted by Crippen LogP contribution is -2.36. The van der Waals surface area contributed by atoms with Gasteiger partial charge in [0.2, 0.25) is 0 Å². The number of pyridine rings is 1. The number of aromatic hydroxyl groups is 1. The highest BCUT2D eigenvalue weighted by molar-refractivity contribution is 6.03. The number of nitrogens with zero attached hydrogens (tertiary/aromatic N) is 1. The van der Waals surface area contributed by atoms with E-state index < -0.39 is 23.2 Å². The minimum absolute atomic E-state index is 0.344. The summed E-state index contributed by atoms with van der Waals surface area (Å²) in [5.74, 6) is -1.86. The van der Waals surface area contributed by atoms with Crippen LogP contribution < -0.4 is 10.9 Å². The van der Waals surface area contributed by atoms with Gasteiger partial charge in [-0.15, -0.1) is 0 Å². The Bertz CT molecular complexity index is 794. The molecule has 0 atom stereocenters. The van der Waals surface area contributed by atoms with Gasteiger partial charge in [-0.3, -0.25) is 14.4 Å². The number of rotatable bonds is 4. The van der Waals surface area contributed by atoms with Crippen molar-refractivity contribution in [3.05, 3.63) is 40.2 Å². The molecule has 22 heavy (non-hydrogen) atoms. The molecule has 2 rings (SSSR count). The Morgan fingerprint density at radius 3 is 2.64 bits per heavy atom. The molecule has 0 bridgehead atoms. The molecule has 1 amide bonds. The molecule has 0 radical (unpaired) electrons. The number of aromatic nitrogens is 1. The van der Waals surface area contributed by atoms with E-state index in [9.17, 15) is 19.5 Å². The van der Waals surface area contributed by atoms with Gasteiger partial charge in [0.1, 0.15) is 17.9 Å². The molecule has 2 N–H and O–H groups in total. The van der Waals surface area contributed by atoms with Gasteiger partial charge in [0.25, 0.3) is 11.5 Å². The largest absolute Gasteiger partial charge is 0.506 e. The van der Waals surface area contributed by atoms with Gasteiger partial charge in [0, 0.05) is 11.9 Å². The smallest absolute Gasteiger partial charge is 0.325 e. The van der Waals surface area contributed by atoms with Crippen LogP contribution in [-0.4, -0.2) is 35.2 Å². The molecular formula is C15H16N2O5. The number of benzene rings is 1. The van der Waals surface area contributed by atoms with Gasteiger partial charge in [-0.25, -0.2) is 0 Å². The lowest BCUT2D eigenvalue weighted by atomic mass is 10.1. The van der Waals surface area contributed by atoms with Crippen LogP contribution in [0, 0.1) is 0 Å². The number of hydrogen-bond acceptors (Lipinski definition) is 5. The first kappa shape index (κ1) is 15.6. The summed E-state index contributed by atoms with van der Waals surface area (Å²) in [6, 6.07) is 6.75. The maximum Gasteiger partial charge on any atom is 0.325 e. The Hall–Kier alpha value is -2.83. The molecular weight excluding hydrogens is 288 g/mol. The van der Waals surface area contributed by atoms with Gasteiger partial charge < -0.3 is 19.7 Å². The van der Waals surface area contributed by atoms with Gasteiger partial charge >= 0.3 is 5.97 Å². The fraction of sp³-hybridized carbons (Fsp3) is 0.267. The standard InChI is InChI=1S/C15H16N2O5/c1-3-17-10-7-5-4-6-9(10)13(19)12(15(17)21)14(20)16-8-11(18)22-2/h4-7,19H,3,8H2,1-2H3,(H,16,20). The fourth-order valence-corrected chi connectivity index (χ4v) is 2.22. The van der Waals surface area contributed by atoms with E-state index in [1.807, 2.05) is 0 Å². The van der Waals surface area contributed by atoms with E-state index in [4.69, 9.17) is 0 Å². The van der Waals surface area contributed by atoms with Crippen molar-refractivity contribution in [2.24, 2.45) is 0 Å². The van der Waals surface area contributed by atoms with Crippen LogP contribution in [0.25, 0.3) is 10.9 Å². The molecule has 0 aliphatic rings. The Kier molecular flexibility index (Phi) is 4.45. The van der Waals surface area contributed by atoms with Crippen molar-refractivity contribution in [1.29, 1.82) is 0 Å². The number of carbonyl (C=O) groups is 2. The Morgan fingerprint density at radius 1 is 1.32 bits per heavy atom. The van der Waals surface area contributed by atoms with Crippen LogP contribution in [0.1, 0.15) is 17.3 Å². The molecule has 116 valence electrons. The fourth-order valence-electron chi connectivity index (χ4n) is 2.22. The Balaban J connectivity index is 2.56. The highest BCUT2D eigenvalue weighted by Gasteiger charge is 2.21. The van der Waals surface area contributed by atoms with Crippen molar-refractivity contribution in [2.75, 3.05) is 13.7 Å². The summed E-state index contributed by atoms with van der Waals surface area (Å²) in [5.41, 5.74) is -0.456. The van der Waals surface area contributed by atoms with E-state index in [0.717, 1.165) is 0 Å². The predicted molar refractivity (Wildman–Crippen MR) is 79.9 cm³/mol. The third-order valence-corrected chi connectivity index (χ3v) is 3.31. The average molecular weight is 304 g/mol. The Labute approximate surface area is 126 Å². The molecule has 0 saturated carbocycles. The van der Waals surface area contributed by atoms with E-state index in [-0.39, 0.29) is 12.1 Å². The van der Waals surface area contributed by atoms with Crippen molar-refractivity contribution in [3.8, 4) is 5.75 Å². The number of hydrogen-bond donors (Lipinski definition) is 2. The molecule has 0 fully saturated rings. The molecule has 0 unspecified atom stereocenters. The normalized spacial score (nSPS) is 10.5. The van der Waals surface area contributed by atoms with Crippen LogP contribution in [0.3, 0.4) is 0 Å². The van der Waals surface area contributed by atoms with Crippen molar-refractivity contribution >= 4 is 22.8 Å². The van der Waals surface area contributed by atoms with Crippen LogP contribution in [0.5, 0.6) is 5.75 Å². The number of esters is 1. The summed E-state index contributed by atoms with van der Waals surface area (Å²) in [6.07, 6.45) is 0. The molecule has 1 aromatic carbocycles. The third kappa shape index (κ3) is 2.65. The number of methoxy groups -OCH3 is 1. The summed E-state index contributed by atoms with van der Waals surface area (Å²) >= 11 is 0. The third-order valence-electron chi connectivity index (χ3n) is 3.31. The first-order chi connectivity index (χ1) is 10.5. The summed E-state index contributed by atoms with van der Waals surface area (Å²) in [6.45, 7) is 1.73. The van der Waals surface area contributed by atoms with Gasteiger partial charge in [-0.2, -0.15) is 0 Å². The summed E-state index contributed by atoms with van der Waals surface area (Å²) in [4.78, 5) is 35.6. The van der Waals surface area contributed by atoms with Gasteiger partial charge in [0.15, 0.2) is 0 Å². The van der Waals surface area contributed by atoms with E-state index in [0.29, 0.717) is 17.4 Å². The number of fused-ring (bicyclic) bond motifs is 1. The van der Waals surface area contributed by atoms with Crippen molar-refractivity contribution in [2.45, 2.75) is 13.5 Å². The number of nitrogens with one attached hydrogen (secondary N) is 1. The second kappa shape index (κ2) is 6.30. The molecule has 2 aromatic rings. The van der Waals surface area contributed by atoms with E-state index >= 15 is 0 Å². The van der Waals surface area contributed by atoms with Crippen LogP contribution in [0.2, 0.25) is 0 Å². The van der Waals surface area contributed by atoms with E-state index in [1.165, 1.54) is 11.7 Å². The Morgan fingerprint density at radius 2 is 2.00 bits per heavy atom. The predicted octanol–water partition coefficient (Wildman–Crippen LogP) is 0.630. The summed E-state index contributed by atoms with van der Waals surface area (Å²) in [7, 11) is 1.19. The summed E-state index contributed by atoms with van der Waals surface area (Å²) < 4.78 is 5.80. The molecule has 7 nitrogen and oxygen atoms in total. The van der Waals surface area contributed by atoms with Gasteiger partial charge in [0.05, 0.1) is 12.6 Å². The molecule has 0 aliphatic heterocycles. The van der Waals surface area contributed by atoms with Crippen molar-refractivity contribution < 1.29 is 19.4 Å². The van der Waals surface area contributed by atoms with Crippen LogP contribution >= 0.6 is 0 Å². The van der Waals surface area contributed by atoms with Crippen LogP contribution in [0.15, 0.2) is 29.1 Å². The zero-order chi connectivity index (χ0) is 16.3. The van der Waals surface area contributed by atoms with E-state index in [2.05, 4.69) is 10.1 Å². The first-order valence-electron chi connectivity index (χ1n) is 6.70. The molecule has 0 saturated heterocycles. The van der Waals surface area contributed by atoms with Crippen molar-refractivity contribution in [3.63, 3.8) is 0 Å². The minimum atomic E-state index is -0.819. The lowest BCUT2D eigenvalue weighted by molar-refractivity contribution is -0.139. The quantitative estimate of drug-likeness (QED) is 0.807. The number of amides is 1. The van der Waals surface area contributed by atoms with Crippen molar-refractivity contribution in [1.82, 2.24) is 9.88 Å². The zero-order valence-corrected chi connectivity index (χ0v) is 12.3. The van der Waals surface area contributed by atoms with Crippen LogP contribution in [0.4, 0.5) is 0 Å². The first-order valence-corrected chi connectivity index (χ1v) is 6.70. The number of aryl methyl sites for hydroxylation is 1. The number of ether oxygens (including phenoxy) is 1. The van der Waals surface area contributed by atoms with Gasteiger partial charge in [-0.05, 0) is 19.1 Å². The van der Waals surface area contributed by atoms with Gasteiger partial charge in [-0.1, -0.05) is 12.1 Å². The zero-order valence-electron chi connectivity index (χ0n) is 12.3. The SMILES string of the molecule is CCn1c(=O)c(C(=O)NCC(=O)OC)c(O)c2ccccc21. The van der Waals surface area contributed by atoms with E-state index in [1.54, 1.807) is 31.2 Å². The molecule has 0 spiro atoms. The number of para-hydroxylation sites is 1. The molecule has 1 aromatic heterocycles. The second-order valence-electron chi connectivity index (χ2n) is 4.55. The summed E-state index contributed by atoms with van der Waals surface area (Å²) in [5, 5.41) is 12.9. The topological polar surface area (TPSA) is 97.6 Å². The second-order valence-corrected chi connectivity index (χ2v) is 4.55. The molecule has 7 heteroatoms. The lowest BCUT2D eigenvalue weighted by Gasteiger charge is -2.13. The monoisotopic (exact) mass is 304 g/mol. The number of carbonyl (C=O) groups excluding carboxylic acids is 2. The minimum Gasteiger partial charge on any atom is -0.506 e. The maximum absolute atomic E-state index is 12.4. The highest BCUT2D eigenvalue weighted by Crippen LogP contribution is 2.25. The average Bonchev–Trinajstić information content (AvgIpc) is 2.53. The molecule has 1 heterocycles. The highest BCUT2D eigenvalue weighted by atomic mass is 16.5. The van der Waals surface area contributed by atoms with Crippen LogP contribution in [-0.2, 0) is 16.1 Å². The molecule has 0 aliphatic carbocycles. The maximum atomic E-state index is 12.4.